The highest BCUT2D eigenvalue weighted by Gasteiger charge is 2.06. The second-order valence-corrected chi connectivity index (χ2v) is 3.03. The van der Waals surface area contributed by atoms with E-state index < -0.39 is 0 Å². The molecule has 0 aliphatic heterocycles. The van der Waals surface area contributed by atoms with Gasteiger partial charge in [-0.25, -0.2) is 4.68 Å². The molecule has 0 unspecified atom stereocenters. The molecule has 76 valence electrons. The number of nitriles is 1. The fourth-order valence-electron chi connectivity index (χ4n) is 1.21. The molecule has 0 spiro atoms. The minimum Gasteiger partial charge on any atom is -0.385 e. The average Bonchev–Trinajstić information content (AvgIpc) is 2.51. The molecule has 0 bridgehead atoms. The Morgan fingerprint density at radius 1 is 1.57 bits per heavy atom. The van der Waals surface area contributed by atoms with Crippen molar-refractivity contribution < 1.29 is 4.74 Å². The molecule has 14 heavy (non-hydrogen) atoms. The van der Waals surface area contributed by atoms with Crippen LogP contribution in [0.5, 0.6) is 0 Å². The summed E-state index contributed by atoms with van der Waals surface area (Å²) in [7, 11) is 1.68. The maximum atomic E-state index is 8.52. The SMILES string of the molecule is COCCCn1nnc(CC#N)c1C. The van der Waals surface area contributed by atoms with Crippen molar-refractivity contribution in [2.24, 2.45) is 0 Å². The van der Waals surface area contributed by atoms with Gasteiger partial charge in [0.15, 0.2) is 0 Å². The fraction of sp³-hybridized carbons (Fsp3) is 0.667. The van der Waals surface area contributed by atoms with Gasteiger partial charge in [-0.05, 0) is 13.3 Å². The van der Waals surface area contributed by atoms with Crippen LogP contribution in [0.25, 0.3) is 0 Å². The summed E-state index contributed by atoms with van der Waals surface area (Å²) >= 11 is 0. The molecule has 0 N–H and O–H groups in total. The lowest BCUT2D eigenvalue weighted by Crippen LogP contribution is -2.05. The van der Waals surface area contributed by atoms with Crippen molar-refractivity contribution in [3.8, 4) is 6.07 Å². The molecule has 0 radical (unpaired) electrons. The van der Waals surface area contributed by atoms with Gasteiger partial charge in [0, 0.05) is 20.3 Å². The van der Waals surface area contributed by atoms with E-state index in [0.717, 1.165) is 24.4 Å². The molecule has 0 aromatic carbocycles. The smallest absolute Gasteiger partial charge is 0.0996 e. The Kier molecular flexibility index (Phi) is 4.08. The molecule has 0 fully saturated rings. The van der Waals surface area contributed by atoms with Gasteiger partial charge < -0.3 is 4.74 Å². The van der Waals surface area contributed by atoms with Crippen LogP contribution in [0.2, 0.25) is 0 Å². The first-order chi connectivity index (χ1) is 6.79. The zero-order valence-electron chi connectivity index (χ0n) is 8.53. The number of methoxy groups -OCH3 is 1. The monoisotopic (exact) mass is 194 g/mol. The van der Waals surface area contributed by atoms with Crippen LogP contribution in [-0.4, -0.2) is 28.7 Å². The molecular weight excluding hydrogens is 180 g/mol. The Balaban J connectivity index is 2.56. The van der Waals surface area contributed by atoms with Crippen molar-refractivity contribution in [3.63, 3.8) is 0 Å². The summed E-state index contributed by atoms with van der Waals surface area (Å²) in [6, 6.07) is 2.06. The molecule has 1 aromatic heterocycles. The Morgan fingerprint density at radius 2 is 2.36 bits per heavy atom. The van der Waals surface area contributed by atoms with E-state index in [4.69, 9.17) is 10.00 Å². The van der Waals surface area contributed by atoms with Crippen LogP contribution in [0.4, 0.5) is 0 Å². The van der Waals surface area contributed by atoms with E-state index >= 15 is 0 Å². The minimum absolute atomic E-state index is 0.329. The maximum absolute atomic E-state index is 8.52. The van der Waals surface area contributed by atoms with E-state index in [-0.39, 0.29) is 0 Å². The summed E-state index contributed by atoms with van der Waals surface area (Å²) in [6.07, 6.45) is 1.24. The van der Waals surface area contributed by atoms with Crippen molar-refractivity contribution in [1.82, 2.24) is 15.0 Å². The molecule has 0 saturated heterocycles. The zero-order valence-corrected chi connectivity index (χ0v) is 8.53. The van der Waals surface area contributed by atoms with Crippen molar-refractivity contribution in [2.45, 2.75) is 26.3 Å². The van der Waals surface area contributed by atoms with E-state index in [1.807, 2.05) is 11.6 Å². The third-order valence-electron chi connectivity index (χ3n) is 2.04. The van der Waals surface area contributed by atoms with Crippen LogP contribution in [0.1, 0.15) is 17.8 Å². The topological polar surface area (TPSA) is 63.7 Å². The van der Waals surface area contributed by atoms with Crippen molar-refractivity contribution >= 4 is 0 Å². The van der Waals surface area contributed by atoms with E-state index in [9.17, 15) is 0 Å². The van der Waals surface area contributed by atoms with Gasteiger partial charge in [0.25, 0.3) is 0 Å². The van der Waals surface area contributed by atoms with Crippen LogP contribution in [0.3, 0.4) is 0 Å². The van der Waals surface area contributed by atoms with Crippen LogP contribution in [0, 0.1) is 18.3 Å². The van der Waals surface area contributed by atoms with Crippen molar-refractivity contribution in [3.05, 3.63) is 11.4 Å². The first-order valence-corrected chi connectivity index (χ1v) is 4.54. The fourth-order valence-corrected chi connectivity index (χ4v) is 1.21. The molecule has 5 nitrogen and oxygen atoms in total. The van der Waals surface area contributed by atoms with Gasteiger partial charge in [0.05, 0.1) is 23.9 Å². The first kappa shape index (κ1) is 10.7. The normalized spacial score (nSPS) is 10.1. The molecule has 1 aromatic rings. The van der Waals surface area contributed by atoms with E-state index in [1.165, 1.54) is 0 Å². The number of hydrogen-bond acceptors (Lipinski definition) is 4. The Bertz CT molecular complexity index is 326. The highest BCUT2D eigenvalue weighted by Crippen LogP contribution is 2.04. The molecule has 1 heterocycles. The predicted molar refractivity (Wildman–Crippen MR) is 50.6 cm³/mol. The van der Waals surface area contributed by atoms with Gasteiger partial charge in [-0.2, -0.15) is 5.26 Å². The number of ether oxygens (including phenoxy) is 1. The lowest BCUT2D eigenvalue weighted by Gasteiger charge is -2.01. The van der Waals surface area contributed by atoms with Gasteiger partial charge in [0.2, 0.25) is 0 Å². The number of aryl methyl sites for hydroxylation is 1. The minimum atomic E-state index is 0.329. The number of aromatic nitrogens is 3. The quantitative estimate of drug-likeness (QED) is 0.647. The molecule has 0 aliphatic rings. The van der Waals surface area contributed by atoms with Gasteiger partial charge in [-0.1, -0.05) is 5.21 Å². The molecule has 0 saturated carbocycles. The van der Waals surface area contributed by atoms with Crippen molar-refractivity contribution in [1.29, 1.82) is 5.26 Å². The summed E-state index contributed by atoms with van der Waals surface area (Å²) in [5.74, 6) is 0. The van der Waals surface area contributed by atoms with Gasteiger partial charge in [-0.3, -0.25) is 0 Å². The lowest BCUT2D eigenvalue weighted by molar-refractivity contribution is 0.188. The number of hydrogen-bond donors (Lipinski definition) is 0. The molecule has 1 rings (SSSR count). The molecule has 0 amide bonds. The van der Waals surface area contributed by atoms with Crippen LogP contribution in [0.15, 0.2) is 0 Å². The zero-order chi connectivity index (χ0) is 10.4. The van der Waals surface area contributed by atoms with E-state index in [0.29, 0.717) is 13.0 Å². The molecular formula is C9H14N4O. The van der Waals surface area contributed by atoms with E-state index in [1.54, 1.807) is 7.11 Å². The first-order valence-electron chi connectivity index (χ1n) is 4.54. The van der Waals surface area contributed by atoms with Crippen LogP contribution >= 0.6 is 0 Å². The average molecular weight is 194 g/mol. The highest BCUT2D eigenvalue weighted by molar-refractivity contribution is 5.11. The number of nitrogens with zero attached hydrogens (tertiary/aromatic N) is 4. The lowest BCUT2D eigenvalue weighted by atomic mass is 10.3. The van der Waals surface area contributed by atoms with Crippen molar-refractivity contribution in [2.75, 3.05) is 13.7 Å². The van der Waals surface area contributed by atoms with E-state index in [2.05, 4.69) is 16.4 Å². The van der Waals surface area contributed by atoms with Gasteiger partial charge in [0.1, 0.15) is 0 Å². The second-order valence-electron chi connectivity index (χ2n) is 3.03. The second kappa shape index (κ2) is 5.35. The number of rotatable bonds is 5. The van der Waals surface area contributed by atoms with Gasteiger partial charge in [-0.15, -0.1) is 5.10 Å². The standard InChI is InChI=1S/C9H14N4O/c1-8-9(4-5-10)11-12-13(8)6-3-7-14-2/h3-4,6-7H2,1-2H3. The molecule has 5 heteroatoms. The Hall–Kier alpha value is -1.41. The third-order valence-corrected chi connectivity index (χ3v) is 2.04. The predicted octanol–water partition coefficient (Wildman–Crippen LogP) is 0.689. The van der Waals surface area contributed by atoms with Crippen LogP contribution in [-0.2, 0) is 17.7 Å². The summed E-state index contributed by atoms with van der Waals surface area (Å²) < 4.78 is 6.76. The Morgan fingerprint density at radius 3 is 3.00 bits per heavy atom. The third kappa shape index (κ3) is 2.54. The summed E-state index contributed by atoms with van der Waals surface area (Å²) in [6.45, 7) is 3.43. The Labute approximate surface area is 83.3 Å². The summed E-state index contributed by atoms with van der Waals surface area (Å²) in [5, 5.41) is 16.4. The summed E-state index contributed by atoms with van der Waals surface area (Å²) in [5.41, 5.74) is 1.74. The molecule has 0 atom stereocenters. The van der Waals surface area contributed by atoms with Crippen LogP contribution < -0.4 is 0 Å². The maximum Gasteiger partial charge on any atom is 0.0996 e. The van der Waals surface area contributed by atoms with Gasteiger partial charge >= 0.3 is 0 Å². The molecule has 0 aliphatic carbocycles. The highest BCUT2D eigenvalue weighted by atomic mass is 16.5. The largest absolute Gasteiger partial charge is 0.385 e. The summed E-state index contributed by atoms with van der Waals surface area (Å²) in [4.78, 5) is 0.